The second-order valence-electron chi connectivity index (χ2n) is 7.07. The molecule has 0 saturated heterocycles. The third kappa shape index (κ3) is 2.83. The van der Waals surface area contributed by atoms with E-state index in [1.54, 1.807) is 36.8 Å². The first-order valence-electron chi connectivity index (χ1n) is 9.45. The van der Waals surface area contributed by atoms with Crippen LogP contribution in [0.1, 0.15) is 17.6 Å². The summed E-state index contributed by atoms with van der Waals surface area (Å²) in [7, 11) is 0. The predicted octanol–water partition coefficient (Wildman–Crippen LogP) is 4.03. The number of aromatic nitrogens is 4. The first-order chi connectivity index (χ1) is 14.5. The average Bonchev–Trinajstić information content (AvgIpc) is 3.09. The highest BCUT2D eigenvalue weighted by molar-refractivity contribution is 5.93. The van der Waals surface area contributed by atoms with E-state index in [4.69, 9.17) is 5.73 Å². The minimum Gasteiger partial charge on any atom is -0.374 e. The SMILES string of the molecule is Cc1nc2c(C(N)O)cc(-c3ccncc3)cc2n1-c1ccnc2cccc(F)c12. The topological polar surface area (TPSA) is 89.9 Å². The third-order valence-electron chi connectivity index (χ3n) is 5.22. The van der Waals surface area contributed by atoms with E-state index < -0.39 is 6.23 Å². The number of nitrogens with zero attached hydrogens (tertiary/aromatic N) is 4. The summed E-state index contributed by atoms with van der Waals surface area (Å²) in [6, 6.07) is 14.1. The average molecular weight is 399 g/mol. The van der Waals surface area contributed by atoms with Crippen LogP contribution >= 0.6 is 0 Å². The molecule has 3 heterocycles. The Kier molecular flexibility index (Phi) is 4.27. The number of halogens is 1. The maximum Gasteiger partial charge on any atom is 0.134 e. The smallest absolute Gasteiger partial charge is 0.134 e. The number of fused-ring (bicyclic) bond motifs is 2. The summed E-state index contributed by atoms with van der Waals surface area (Å²) in [5.41, 5.74) is 10.6. The number of hydrogen-bond acceptors (Lipinski definition) is 5. The van der Waals surface area contributed by atoms with Gasteiger partial charge in [-0.05, 0) is 60.5 Å². The van der Waals surface area contributed by atoms with Crippen molar-refractivity contribution in [1.29, 1.82) is 0 Å². The molecule has 3 aromatic heterocycles. The molecule has 0 radical (unpaired) electrons. The molecule has 2 aromatic carbocycles. The van der Waals surface area contributed by atoms with E-state index >= 15 is 0 Å². The van der Waals surface area contributed by atoms with Crippen LogP contribution in [0.3, 0.4) is 0 Å². The number of rotatable bonds is 3. The van der Waals surface area contributed by atoms with E-state index in [2.05, 4.69) is 15.0 Å². The van der Waals surface area contributed by atoms with Crippen molar-refractivity contribution in [3.63, 3.8) is 0 Å². The van der Waals surface area contributed by atoms with Crippen LogP contribution in [0.15, 0.2) is 67.1 Å². The molecule has 148 valence electrons. The lowest BCUT2D eigenvalue weighted by atomic mass is 10.0. The van der Waals surface area contributed by atoms with Crippen LogP contribution in [0.25, 0.3) is 38.8 Å². The largest absolute Gasteiger partial charge is 0.374 e. The van der Waals surface area contributed by atoms with Gasteiger partial charge in [-0.2, -0.15) is 0 Å². The van der Waals surface area contributed by atoms with Gasteiger partial charge in [0, 0.05) is 24.2 Å². The van der Waals surface area contributed by atoms with Gasteiger partial charge in [-0.3, -0.25) is 14.5 Å². The Hall–Kier alpha value is -3.68. The van der Waals surface area contributed by atoms with Gasteiger partial charge in [0.05, 0.1) is 27.6 Å². The molecular weight excluding hydrogens is 381 g/mol. The highest BCUT2D eigenvalue weighted by Gasteiger charge is 2.20. The molecule has 6 nitrogen and oxygen atoms in total. The van der Waals surface area contributed by atoms with Crippen molar-refractivity contribution >= 4 is 21.9 Å². The van der Waals surface area contributed by atoms with Crippen molar-refractivity contribution in [3.05, 3.63) is 84.3 Å². The van der Waals surface area contributed by atoms with Crippen molar-refractivity contribution < 1.29 is 9.50 Å². The molecule has 0 fully saturated rings. The maximum absolute atomic E-state index is 14.8. The summed E-state index contributed by atoms with van der Waals surface area (Å²) in [6.45, 7) is 1.84. The lowest BCUT2D eigenvalue weighted by Gasteiger charge is -2.13. The fourth-order valence-electron chi connectivity index (χ4n) is 3.89. The van der Waals surface area contributed by atoms with Gasteiger partial charge in [0.1, 0.15) is 17.9 Å². The monoisotopic (exact) mass is 399 g/mol. The normalized spacial score (nSPS) is 12.5. The van der Waals surface area contributed by atoms with Crippen molar-refractivity contribution in [3.8, 4) is 16.8 Å². The summed E-state index contributed by atoms with van der Waals surface area (Å²) in [5, 5.41) is 10.6. The van der Waals surface area contributed by atoms with Gasteiger partial charge in [-0.1, -0.05) is 6.07 Å². The highest BCUT2D eigenvalue weighted by Crippen LogP contribution is 2.34. The molecule has 0 bridgehead atoms. The van der Waals surface area contributed by atoms with Crippen molar-refractivity contribution in [2.24, 2.45) is 5.73 Å². The molecule has 5 rings (SSSR count). The molecule has 0 amide bonds. The summed E-state index contributed by atoms with van der Waals surface area (Å²) in [5.74, 6) is 0.288. The van der Waals surface area contributed by atoms with Crippen LogP contribution < -0.4 is 5.73 Å². The van der Waals surface area contributed by atoms with Crippen molar-refractivity contribution in [2.45, 2.75) is 13.2 Å². The van der Waals surface area contributed by atoms with Crippen LogP contribution in [0.4, 0.5) is 4.39 Å². The number of hydrogen-bond donors (Lipinski definition) is 2. The molecule has 0 aliphatic carbocycles. The van der Waals surface area contributed by atoms with E-state index in [1.807, 2.05) is 35.8 Å². The summed E-state index contributed by atoms with van der Waals surface area (Å²) >= 11 is 0. The molecule has 0 aliphatic rings. The molecular formula is C23H18FN5O. The first-order valence-corrected chi connectivity index (χ1v) is 9.45. The Balaban J connectivity index is 1.89. The zero-order valence-corrected chi connectivity index (χ0v) is 16.1. The summed E-state index contributed by atoms with van der Waals surface area (Å²) < 4.78 is 16.7. The zero-order valence-electron chi connectivity index (χ0n) is 16.1. The number of aliphatic hydroxyl groups is 1. The van der Waals surface area contributed by atoms with Crippen LogP contribution in [-0.4, -0.2) is 24.6 Å². The minimum atomic E-state index is -1.21. The lowest BCUT2D eigenvalue weighted by Crippen LogP contribution is -2.09. The standard InChI is InChI=1S/C23H18FN5O/c1-13-28-22-16(23(25)30)11-15(14-5-8-26-9-6-14)12-20(22)29(13)19-7-10-27-18-4-2-3-17(24)21(18)19/h2-12,23,30H,25H2,1H3. The molecule has 7 heteroatoms. The molecule has 0 spiro atoms. The lowest BCUT2D eigenvalue weighted by molar-refractivity contribution is 0.187. The molecule has 1 unspecified atom stereocenters. The van der Waals surface area contributed by atoms with E-state index in [0.29, 0.717) is 33.5 Å². The Labute approximate surface area is 171 Å². The van der Waals surface area contributed by atoms with Crippen molar-refractivity contribution in [1.82, 2.24) is 19.5 Å². The van der Waals surface area contributed by atoms with Gasteiger partial charge >= 0.3 is 0 Å². The van der Waals surface area contributed by atoms with Crippen LogP contribution in [0.2, 0.25) is 0 Å². The number of nitrogens with two attached hydrogens (primary N) is 1. The number of aliphatic hydroxyl groups excluding tert-OH is 1. The Morgan fingerprint density at radius 2 is 1.83 bits per heavy atom. The van der Waals surface area contributed by atoms with E-state index in [0.717, 1.165) is 16.6 Å². The quantitative estimate of drug-likeness (QED) is 0.447. The van der Waals surface area contributed by atoms with Crippen molar-refractivity contribution in [2.75, 3.05) is 0 Å². The van der Waals surface area contributed by atoms with E-state index in [-0.39, 0.29) is 5.82 Å². The van der Waals surface area contributed by atoms with Crippen LogP contribution in [0, 0.1) is 12.7 Å². The van der Waals surface area contributed by atoms with Gasteiger partial charge in [0.2, 0.25) is 0 Å². The minimum absolute atomic E-state index is 0.360. The number of pyridine rings is 2. The Morgan fingerprint density at radius 1 is 1.03 bits per heavy atom. The fraction of sp³-hybridized carbons (Fsp3) is 0.0870. The van der Waals surface area contributed by atoms with Crippen LogP contribution in [-0.2, 0) is 0 Å². The molecule has 0 aliphatic heterocycles. The predicted molar refractivity (Wildman–Crippen MR) is 113 cm³/mol. The van der Waals surface area contributed by atoms with Gasteiger partial charge in [0.15, 0.2) is 0 Å². The Morgan fingerprint density at radius 3 is 2.60 bits per heavy atom. The molecule has 0 saturated carbocycles. The molecule has 5 aromatic rings. The van der Waals surface area contributed by atoms with E-state index in [1.165, 1.54) is 6.07 Å². The second kappa shape index (κ2) is 6.98. The number of benzene rings is 2. The number of aryl methyl sites for hydroxylation is 1. The second-order valence-corrected chi connectivity index (χ2v) is 7.07. The van der Waals surface area contributed by atoms with E-state index in [9.17, 15) is 9.50 Å². The van der Waals surface area contributed by atoms with Gasteiger partial charge in [-0.25, -0.2) is 9.37 Å². The highest BCUT2D eigenvalue weighted by atomic mass is 19.1. The van der Waals surface area contributed by atoms with Gasteiger partial charge in [0.25, 0.3) is 0 Å². The summed E-state index contributed by atoms with van der Waals surface area (Å²) in [4.78, 5) is 13.0. The third-order valence-corrected chi connectivity index (χ3v) is 5.22. The van der Waals surface area contributed by atoms with Gasteiger partial charge in [-0.15, -0.1) is 0 Å². The van der Waals surface area contributed by atoms with Gasteiger partial charge < -0.3 is 10.8 Å². The number of imidazole rings is 1. The first kappa shape index (κ1) is 18.4. The maximum atomic E-state index is 14.8. The van der Waals surface area contributed by atoms with Crippen LogP contribution in [0.5, 0.6) is 0 Å². The fourth-order valence-corrected chi connectivity index (χ4v) is 3.89. The zero-order chi connectivity index (χ0) is 20.8. The molecule has 1 atom stereocenters. The summed E-state index contributed by atoms with van der Waals surface area (Å²) in [6.07, 6.45) is 3.84. The molecule has 30 heavy (non-hydrogen) atoms. The Bertz CT molecular complexity index is 1390. The molecule has 3 N–H and O–H groups in total.